The Kier molecular flexibility index (Phi) is 5.14. The lowest BCUT2D eigenvalue weighted by molar-refractivity contribution is -0.384. The first-order valence-electron chi connectivity index (χ1n) is 7.83. The van der Waals surface area contributed by atoms with Crippen LogP contribution in [0.15, 0.2) is 52.4 Å². The van der Waals surface area contributed by atoms with E-state index in [1.807, 2.05) is 0 Å². The van der Waals surface area contributed by atoms with Gasteiger partial charge in [0.25, 0.3) is 11.6 Å². The van der Waals surface area contributed by atoms with Gasteiger partial charge in [0, 0.05) is 19.2 Å². The molecule has 1 aliphatic rings. The number of amides is 1. The maximum absolute atomic E-state index is 12.5. The molecule has 9 nitrogen and oxygen atoms in total. The SMILES string of the molecule is CN1C(=O)/C(=C/c2cccc([N+](=O)[O-])c2)SC1=Nc1ccc(O)cc1C(=O)O. The molecular weight excluding hydrogens is 386 g/mol. The third-order valence-electron chi connectivity index (χ3n) is 3.81. The number of carbonyl (C=O) groups excluding carboxylic acids is 1. The minimum absolute atomic E-state index is 0.0871. The second-order valence-corrected chi connectivity index (χ2v) is 6.74. The molecule has 3 rings (SSSR count). The Morgan fingerprint density at radius 3 is 2.71 bits per heavy atom. The number of nitro benzene ring substituents is 1. The summed E-state index contributed by atoms with van der Waals surface area (Å²) in [5.74, 6) is -1.85. The number of thioether (sulfide) groups is 1. The molecular formula is C18H13N3O6S. The first kappa shape index (κ1) is 19.1. The molecule has 0 aromatic heterocycles. The third kappa shape index (κ3) is 3.86. The van der Waals surface area contributed by atoms with Crippen LogP contribution in [0.1, 0.15) is 15.9 Å². The number of aromatic carboxylic acids is 1. The van der Waals surface area contributed by atoms with Crippen LogP contribution in [0, 0.1) is 10.1 Å². The smallest absolute Gasteiger partial charge is 0.338 e. The fourth-order valence-electron chi connectivity index (χ4n) is 2.43. The van der Waals surface area contributed by atoms with E-state index in [0.717, 1.165) is 17.8 Å². The first-order chi connectivity index (χ1) is 13.3. The summed E-state index contributed by atoms with van der Waals surface area (Å²) < 4.78 is 0. The fraction of sp³-hybridized carbons (Fsp3) is 0.0556. The highest BCUT2D eigenvalue weighted by Gasteiger charge is 2.31. The molecule has 1 amide bonds. The van der Waals surface area contributed by atoms with Crippen LogP contribution < -0.4 is 0 Å². The zero-order chi connectivity index (χ0) is 20.4. The van der Waals surface area contributed by atoms with Crippen molar-refractivity contribution in [1.82, 2.24) is 4.90 Å². The average molecular weight is 399 g/mol. The maximum Gasteiger partial charge on any atom is 0.338 e. The van der Waals surface area contributed by atoms with Crippen LogP contribution in [-0.4, -0.2) is 44.1 Å². The number of hydrogen-bond donors (Lipinski definition) is 2. The van der Waals surface area contributed by atoms with Crippen molar-refractivity contribution < 1.29 is 24.7 Å². The van der Waals surface area contributed by atoms with Crippen molar-refractivity contribution in [2.45, 2.75) is 0 Å². The lowest BCUT2D eigenvalue weighted by atomic mass is 10.2. The predicted molar refractivity (Wildman–Crippen MR) is 104 cm³/mol. The number of aromatic hydroxyl groups is 1. The summed E-state index contributed by atoms with van der Waals surface area (Å²) in [5.41, 5.74) is 0.270. The molecule has 1 saturated heterocycles. The molecule has 0 saturated carbocycles. The highest BCUT2D eigenvalue weighted by atomic mass is 32.2. The van der Waals surface area contributed by atoms with E-state index in [1.165, 1.54) is 48.4 Å². The van der Waals surface area contributed by atoms with Crippen molar-refractivity contribution >= 4 is 46.3 Å². The molecule has 0 atom stereocenters. The van der Waals surface area contributed by atoms with E-state index in [1.54, 1.807) is 6.07 Å². The van der Waals surface area contributed by atoms with Crippen LogP contribution in [-0.2, 0) is 4.79 Å². The molecule has 1 fully saturated rings. The molecule has 0 bridgehead atoms. The monoisotopic (exact) mass is 399 g/mol. The Bertz CT molecular complexity index is 1060. The number of aliphatic imine (C=N–C) groups is 1. The number of non-ortho nitro benzene ring substituents is 1. The van der Waals surface area contributed by atoms with Gasteiger partial charge < -0.3 is 10.2 Å². The van der Waals surface area contributed by atoms with Crippen molar-refractivity contribution in [2.75, 3.05) is 7.05 Å². The maximum atomic E-state index is 12.5. The Labute approximate surface area is 162 Å². The number of carboxylic acid groups (broad SMARTS) is 1. The molecule has 142 valence electrons. The number of nitrogens with zero attached hydrogens (tertiary/aromatic N) is 3. The van der Waals surface area contributed by atoms with Gasteiger partial charge in [-0.2, -0.15) is 0 Å². The van der Waals surface area contributed by atoms with Crippen molar-refractivity contribution in [1.29, 1.82) is 0 Å². The van der Waals surface area contributed by atoms with E-state index in [4.69, 9.17) is 0 Å². The van der Waals surface area contributed by atoms with E-state index in [2.05, 4.69) is 4.99 Å². The number of phenolic OH excluding ortho intramolecular Hbond substituents is 1. The molecule has 0 radical (unpaired) electrons. The number of phenols is 1. The summed E-state index contributed by atoms with van der Waals surface area (Å²) in [5, 5.41) is 29.9. The van der Waals surface area contributed by atoms with Crippen molar-refractivity contribution in [3.05, 3.63) is 68.6 Å². The van der Waals surface area contributed by atoms with Crippen LogP contribution in [0.5, 0.6) is 5.75 Å². The summed E-state index contributed by atoms with van der Waals surface area (Å²) >= 11 is 1.02. The minimum atomic E-state index is -1.26. The molecule has 0 aliphatic carbocycles. The lowest BCUT2D eigenvalue weighted by Gasteiger charge is -2.08. The number of likely N-dealkylation sites (N-methyl/N-ethyl adjacent to an activating group) is 1. The quantitative estimate of drug-likeness (QED) is 0.458. The Morgan fingerprint density at radius 1 is 1.29 bits per heavy atom. The summed E-state index contributed by atoms with van der Waals surface area (Å²) in [6.07, 6.45) is 1.51. The number of carboxylic acids is 1. The molecule has 0 unspecified atom stereocenters. The van der Waals surface area contributed by atoms with E-state index in [0.29, 0.717) is 5.56 Å². The van der Waals surface area contributed by atoms with Gasteiger partial charge in [0.05, 0.1) is 21.1 Å². The summed E-state index contributed by atoms with van der Waals surface area (Å²) in [7, 11) is 1.49. The molecule has 2 aromatic carbocycles. The van der Waals surface area contributed by atoms with Crippen LogP contribution in [0.2, 0.25) is 0 Å². The van der Waals surface area contributed by atoms with Gasteiger partial charge in [0.1, 0.15) is 5.75 Å². The fourth-order valence-corrected chi connectivity index (χ4v) is 3.41. The van der Waals surface area contributed by atoms with E-state index in [9.17, 15) is 29.9 Å². The number of rotatable bonds is 4. The summed E-state index contributed by atoms with van der Waals surface area (Å²) in [6.45, 7) is 0. The molecule has 1 aliphatic heterocycles. The Hall–Kier alpha value is -3.66. The van der Waals surface area contributed by atoms with Crippen LogP contribution in [0.3, 0.4) is 0 Å². The van der Waals surface area contributed by atoms with Gasteiger partial charge in [0.2, 0.25) is 0 Å². The predicted octanol–water partition coefficient (Wildman–Crippen LogP) is 3.23. The van der Waals surface area contributed by atoms with Crippen molar-refractivity contribution in [3.63, 3.8) is 0 Å². The zero-order valence-electron chi connectivity index (χ0n) is 14.4. The van der Waals surface area contributed by atoms with Crippen LogP contribution in [0.25, 0.3) is 6.08 Å². The summed E-state index contributed by atoms with van der Waals surface area (Å²) in [4.78, 5) is 40.0. The van der Waals surface area contributed by atoms with E-state index in [-0.39, 0.29) is 38.7 Å². The van der Waals surface area contributed by atoms with Gasteiger partial charge in [-0.15, -0.1) is 0 Å². The number of hydrogen-bond acceptors (Lipinski definition) is 7. The highest BCUT2D eigenvalue weighted by molar-refractivity contribution is 8.18. The first-order valence-corrected chi connectivity index (χ1v) is 8.65. The lowest BCUT2D eigenvalue weighted by Crippen LogP contribution is -2.23. The zero-order valence-corrected chi connectivity index (χ0v) is 15.2. The van der Waals surface area contributed by atoms with Gasteiger partial charge in [-0.25, -0.2) is 9.79 Å². The molecule has 0 spiro atoms. The molecule has 2 aromatic rings. The van der Waals surface area contributed by atoms with Gasteiger partial charge >= 0.3 is 5.97 Å². The van der Waals surface area contributed by atoms with Gasteiger partial charge in [-0.05, 0) is 41.6 Å². The highest BCUT2D eigenvalue weighted by Crippen LogP contribution is 2.34. The largest absolute Gasteiger partial charge is 0.508 e. The van der Waals surface area contributed by atoms with E-state index < -0.39 is 10.9 Å². The summed E-state index contributed by atoms with van der Waals surface area (Å²) in [6, 6.07) is 9.55. The Morgan fingerprint density at radius 2 is 2.04 bits per heavy atom. The number of carbonyl (C=O) groups is 2. The third-order valence-corrected chi connectivity index (χ3v) is 4.87. The standard InChI is InChI=1S/C18H13N3O6S/c1-20-16(23)15(8-10-3-2-4-11(7-10)21(26)27)28-18(20)19-14-6-5-12(22)9-13(14)17(24)25/h2-9,22H,1H3,(H,24,25)/b15-8-,19-18?. The molecule has 10 heteroatoms. The van der Waals surface area contributed by atoms with Crippen LogP contribution in [0.4, 0.5) is 11.4 Å². The molecule has 1 heterocycles. The number of benzene rings is 2. The van der Waals surface area contributed by atoms with Crippen molar-refractivity contribution in [2.24, 2.45) is 4.99 Å². The molecule has 2 N–H and O–H groups in total. The van der Waals surface area contributed by atoms with Crippen LogP contribution >= 0.6 is 11.8 Å². The van der Waals surface area contributed by atoms with Gasteiger partial charge in [-0.1, -0.05) is 12.1 Å². The normalized spacial score (nSPS) is 16.8. The number of amidine groups is 1. The van der Waals surface area contributed by atoms with Gasteiger partial charge in [-0.3, -0.25) is 19.8 Å². The molecule has 28 heavy (non-hydrogen) atoms. The van der Waals surface area contributed by atoms with Gasteiger partial charge in [0.15, 0.2) is 5.17 Å². The Balaban J connectivity index is 1.96. The minimum Gasteiger partial charge on any atom is -0.508 e. The average Bonchev–Trinajstić information content (AvgIpc) is 2.91. The second kappa shape index (κ2) is 7.53. The second-order valence-electron chi connectivity index (χ2n) is 5.73. The topological polar surface area (TPSA) is 133 Å². The van der Waals surface area contributed by atoms with Crippen molar-refractivity contribution in [3.8, 4) is 5.75 Å². The van der Waals surface area contributed by atoms with E-state index >= 15 is 0 Å². The number of nitro groups is 1.